The van der Waals surface area contributed by atoms with Crippen molar-refractivity contribution < 1.29 is 22.8 Å². The fourth-order valence-electron chi connectivity index (χ4n) is 2.92. The molecular weight excluding hydrogens is 312 g/mol. The molecule has 0 atom stereocenters. The van der Waals surface area contributed by atoms with Crippen LogP contribution in [0.2, 0.25) is 6.04 Å². The van der Waals surface area contributed by atoms with Crippen molar-refractivity contribution in [3.63, 3.8) is 0 Å². The molecule has 5 nitrogen and oxygen atoms in total. The zero-order valence-electron chi connectivity index (χ0n) is 15.5. The quantitative estimate of drug-likeness (QED) is 0.334. The van der Waals surface area contributed by atoms with Crippen LogP contribution in [0.3, 0.4) is 0 Å². The minimum atomic E-state index is -2.51. The summed E-state index contributed by atoms with van der Waals surface area (Å²) in [7, 11) is -2.51. The van der Waals surface area contributed by atoms with Gasteiger partial charge >= 0.3 is 8.80 Å². The third-order valence-corrected chi connectivity index (χ3v) is 7.30. The molecule has 1 aliphatic heterocycles. The molecule has 1 fully saturated rings. The van der Waals surface area contributed by atoms with Crippen LogP contribution in [0.4, 0.5) is 0 Å². The van der Waals surface area contributed by atoms with E-state index in [1.54, 1.807) is 0 Å². The summed E-state index contributed by atoms with van der Waals surface area (Å²) in [6, 6.07) is 0.820. The molecule has 1 rings (SSSR count). The first kappa shape index (κ1) is 21.1. The first-order valence-corrected chi connectivity index (χ1v) is 11.2. The Morgan fingerprint density at radius 1 is 0.913 bits per heavy atom. The summed E-state index contributed by atoms with van der Waals surface area (Å²) < 4.78 is 28.9. The van der Waals surface area contributed by atoms with Crippen molar-refractivity contribution >= 4 is 8.80 Å². The average molecular weight is 349 g/mol. The van der Waals surface area contributed by atoms with Gasteiger partial charge in [0.2, 0.25) is 0 Å². The molecule has 23 heavy (non-hydrogen) atoms. The van der Waals surface area contributed by atoms with Crippen LogP contribution in [0.25, 0.3) is 0 Å². The van der Waals surface area contributed by atoms with E-state index in [4.69, 9.17) is 22.8 Å². The highest BCUT2D eigenvalue weighted by atomic mass is 28.4. The summed E-state index contributed by atoms with van der Waals surface area (Å²) in [5.41, 5.74) is 0.268. The molecule has 0 bridgehead atoms. The van der Waals surface area contributed by atoms with E-state index in [2.05, 4.69) is 6.92 Å². The maximum absolute atomic E-state index is 5.94. The first-order chi connectivity index (χ1) is 11.2. The Hall–Kier alpha value is 0.0169. The standard InChI is InChI=1S/C17H36O5Si/c1-5-9-11-17(15-19-16-17)14-18-12-10-13-23(20-6-2,21-7-3)22-8-4/h5-16H2,1-4H3. The van der Waals surface area contributed by atoms with Crippen molar-refractivity contribution in [1.82, 2.24) is 0 Å². The van der Waals surface area contributed by atoms with Gasteiger partial charge < -0.3 is 22.8 Å². The molecular formula is C17H36O5Si. The minimum Gasteiger partial charge on any atom is -0.381 e. The van der Waals surface area contributed by atoms with Crippen molar-refractivity contribution in [3.05, 3.63) is 0 Å². The normalized spacial score (nSPS) is 17.2. The summed E-state index contributed by atoms with van der Waals surface area (Å²) >= 11 is 0. The van der Waals surface area contributed by atoms with Crippen molar-refractivity contribution in [1.29, 1.82) is 0 Å². The van der Waals surface area contributed by atoms with E-state index in [0.717, 1.165) is 38.9 Å². The van der Waals surface area contributed by atoms with Crippen LogP contribution in [0.5, 0.6) is 0 Å². The lowest BCUT2D eigenvalue weighted by Gasteiger charge is -2.41. The molecule has 1 aliphatic rings. The number of hydrogen-bond acceptors (Lipinski definition) is 5. The predicted octanol–water partition coefficient (Wildman–Crippen LogP) is 3.65. The lowest BCUT2D eigenvalue weighted by molar-refractivity contribution is -0.153. The summed E-state index contributed by atoms with van der Waals surface area (Å²) in [5.74, 6) is 0. The maximum Gasteiger partial charge on any atom is 0.501 e. The zero-order valence-corrected chi connectivity index (χ0v) is 16.5. The molecule has 0 spiro atoms. The first-order valence-electron chi connectivity index (χ1n) is 9.23. The van der Waals surface area contributed by atoms with Gasteiger partial charge in [-0.3, -0.25) is 0 Å². The molecule has 6 heteroatoms. The summed E-state index contributed by atoms with van der Waals surface area (Å²) in [6.07, 6.45) is 4.60. The Bertz CT molecular complexity index is 280. The molecule has 1 saturated heterocycles. The van der Waals surface area contributed by atoms with E-state index in [9.17, 15) is 0 Å². The van der Waals surface area contributed by atoms with Gasteiger partial charge in [0.1, 0.15) is 0 Å². The Balaban J connectivity index is 2.29. The SMILES string of the molecule is CCCCC1(COCCC[Si](OCC)(OCC)OCC)COC1. The van der Waals surface area contributed by atoms with Gasteiger partial charge in [-0.2, -0.15) is 0 Å². The van der Waals surface area contributed by atoms with Gasteiger partial charge in [0, 0.05) is 37.9 Å². The van der Waals surface area contributed by atoms with Crippen LogP contribution in [0.15, 0.2) is 0 Å². The van der Waals surface area contributed by atoms with Gasteiger partial charge in [-0.15, -0.1) is 0 Å². The van der Waals surface area contributed by atoms with Gasteiger partial charge in [-0.05, 0) is 33.6 Å². The van der Waals surface area contributed by atoms with Gasteiger partial charge in [0.05, 0.1) is 19.8 Å². The van der Waals surface area contributed by atoms with E-state index >= 15 is 0 Å². The van der Waals surface area contributed by atoms with Crippen LogP contribution < -0.4 is 0 Å². The summed E-state index contributed by atoms with van der Waals surface area (Å²) in [6.45, 7) is 13.3. The van der Waals surface area contributed by atoms with Gasteiger partial charge in [-0.1, -0.05) is 19.8 Å². The monoisotopic (exact) mass is 348 g/mol. The summed E-state index contributed by atoms with van der Waals surface area (Å²) in [4.78, 5) is 0. The number of unbranched alkanes of at least 4 members (excludes halogenated alkanes) is 1. The molecule has 0 unspecified atom stereocenters. The van der Waals surface area contributed by atoms with E-state index in [0.29, 0.717) is 19.8 Å². The lowest BCUT2D eigenvalue weighted by Crippen LogP contribution is -2.47. The molecule has 0 N–H and O–H groups in total. The van der Waals surface area contributed by atoms with Crippen molar-refractivity contribution in [3.8, 4) is 0 Å². The van der Waals surface area contributed by atoms with Gasteiger partial charge in [0.15, 0.2) is 0 Å². The van der Waals surface area contributed by atoms with E-state index < -0.39 is 8.80 Å². The molecule has 0 aromatic rings. The van der Waals surface area contributed by atoms with Crippen LogP contribution in [0.1, 0.15) is 53.4 Å². The fourth-order valence-corrected chi connectivity index (χ4v) is 5.50. The number of ether oxygens (including phenoxy) is 2. The molecule has 0 radical (unpaired) electrons. The second-order valence-electron chi connectivity index (χ2n) is 6.23. The van der Waals surface area contributed by atoms with E-state index in [1.807, 2.05) is 20.8 Å². The number of rotatable bonds is 15. The minimum absolute atomic E-state index is 0.268. The smallest absolute Gasteiger partial charge is 0.381 e. The predicted molar refractivity (Wildman–Crippen MR) is 93.7 cm³/mol. The molecule has 0 saturated carbocycles. The van der Waals surface area contributed by atoms with Crippen molar-refractivity contribution in [2.75, 3.05) is 46.2 Å². The Morgan fingerprint density at radius 3 is 1.96 bits per heavy atom. The Kier molecular flexibility index (Phi) is 10.6. The Labute approximate surface area is 143 Å². The maximum atomic E-state index is 5.94. The number of hydrogen-bond donors (Lipinski definition) is 0. The van der Waals surface area contributed by atoms with Crippen molar-refractivity contribution in [2.24, 2.45) is 5.41 Å². The molecule has 0 aromatic heterocycles. The van der Waals surface area contributed by atoms with Crippen LogP contribution in [0, 0.1) is 5.41 Å². The summed E-state index contributed by atoms with van der Waals surface area (Å²) in [5, 5.41) is 0. The largest absolute Gasteiger partial charge is 0.501 e. The molecule has 138 valence electrons. The molecule has 1 heterocycles. The second kappa shape index (κ2) is 11.6. The van der Waals surface area contributed by atoms with Crippen LogP contribution in [-0.4, -0.2) is 55.1 Å². The van der Waals surface area contributed by atoms with Crippen LogP contribution in [-0.2, 0) is 22.8 Å². The molecule has 0 amide bonds. The third-order valence-electron chi connectivity index (χ3n) is 4.15. The highest BCUT2D eigenvalue weighted by Crippen LogP contribution is 2.33. The van der Waals surface area contributed by atoms with Gasteiger partial charge in [-0.25, -0.2) is 0 Å². The molecule has 0 aliphatic carbocycles. The van der Waals surface area contributed by atoms with E-state index in [1.165, 1.54) is 19.3 Å². The highest BCUT2D eigenvalue weighted by molar-refractivity contribution is 6.60. The lowest BCUT2D eigenvalue weighted by atomic mass is 9.82. The third kappa shape index (κ3) is 7.19. The second-order valence-corrected chi connectivity index (χ2v) is 8.97. The Morgan fingerprint density at radius 2 is 1.52 bits per heavy atom. The van der Waals surface area contributed by atoms with Gasteiger partial charge in [0.25, 0.3) is 0 Å². The highest BCUT2D eigenvalue weighted by Gasteiger charge is 2.40. The topological polar surface area (TPSA) is 46.2 Å². The van der Waals surface area contributed by atoms with E-state index in [-0.39, 0.29) is 5.41 Å². The average Bonchev–Trinajstić information content (AvgIpc) is 2.49. The van der Waals surface area contributed by atoms with Crippen LogP contribution >= 0.6 is 0 Å². The molecule has 0 aromatic carbocycles. The van der Waals surface area contributed by atoms with Crippen molar-refractivity contribution in [2.45, 2.75) is 59.4 Å². The zero-order chi connectivity index (χ0) is 17.0. The fraction of sp³-hybridized carbons (Fsp3) is 1.00.